The second kappa shape index (κ2) is 8.22. The van der Waals surface area contributed by atoms with Gasteiger partial charge in [-0.3, -0.25) is 0 Å². The molecular weight excluding hydrogens is 342 g/mol. The quantitative estimate of drug-likeness (QED) is 0.617. The van der Waals surface area contributed by atoms with Crippen molar-refractivity contribution in [1.29, 1.82) is 5.26 Å². The minimum atomic E-state index is -1.07. The maximum absolute atomic E-state index is 10.9. The van der Waals surface area contributed by atoms with E-state index in [2.05, 4.69) is 6.07 Å². The number of hydrogen-bond donors (Lipinski definition) is 1. The lowest BCUT2D eigenvalue weighted by molar-refractivity contribution is -0.144. The zero-order valence-corrected chi connectivity index (χ0v) is 14.4. The van der Waals surface area contributed by atoms with Crippen molar-refractivity contribution in [1.82, 2.24) is 0 Å². The molecule has 0 radical (unpaired) electrons. The average Bonchev–Trinajstić information content (AvgIpc) is 2.60. The normalized spacial score (nSPS) is 12.2. The largest absolute Gasteiger partial charge is 0.493 e. The number of carbonyl (C=O) groups is 1. The van der Waals surface area contributed by atoms with Crippen molar-refractivity contribution in [3.05, 3.63) is 58.6 Å². The van der Waals surface area contributed by atoms with Crippen LogP contribution in [-0.4, -0.2) is 24.3 Å². The molecule has 0 aromatic heterocycles. The molecule has 2 aromatic carbocycles. The van der Waals surface area contributed by atoms with Gasteiger partial charge in [-0.2, -0.15) is 5.26 Å². The number of nitrogens with zero attached hydrogens (tertiary/aromatic N) is 1. The summed E-state index contributed by atoms with van der Waals surface area (Å²) in [5.41, 5.74) is 1.86. The summed E-state index contributed by atoms with van der Waals surface area (Å²) in [5, 5.41) is 18.9. The van der Waals surface area contributed by atoms with Crippen LogP contribution in [0.15, 0.2) is 42.5 Å². The molecule has 6 heteroatoms. The number of ether oxygens (including phenoxy) is 2. The van der Waals surface area contributed by atoms with Crippen molar-refractivity contribution in [3.8, 4) is 17.6 Å². The van der Waals surface area contributed by atoms with E-state index < -0.39 is 12.1 Å². The number of halogens is 1. The molecule has 0 aliphatic heterocycles. The second-order valence-electron chi connectivity index (χ2n) is 5.19. The Hall–Kier alpha value is -2.97. The van der Waals surface area contributed by atoms with Gasteiger partial charge in [-0.05, 0) is 48.4 Å². The predicted molar refractivity (Wildman–Crippen MR) is 95.7 cm³/mol. The Balaban J connectivity index is 2.36. The van der Waals surface area contributed by atoms with Gasteiger partial charge in [0.15, 0.2) is 17.6 Å². The highest BCUT2D eigenvalue weighted by molar-refractivity contribution is 6.30. The maximum atomic E-state index is 10.9. The molecule has 0 aliphatic rings. The van der Waals surface area contributed by atoms with Crippen molar-refractivity contribution in [2.24, 2.45) is 0 Å². The number of rotatable bonds is 6. The Bertz CT molecular complexity index is 855. The topological polar surface area (TPSA) is 79.5 Å². The van der Waals surface area contributed by atoms with Gasteiger partial charge in [-0.25, -0.2) is 4.79 Å². The van der Waals surface area contributed by atoms with Crippen LogP contribution in [0, 0.1) is 11.3 Å². The summed E-state index contributed by atoms with van der Waals surface area (Å²) in [7, 11) is 1.46. The Kier molecular flexibility index (Phi) is 6.04. The van der Waals surface area contributed by atoms with Gasteiger partial charge in [-0.1, -0.05) is 29.8 Å². The molecule has 0 spiro atoms. The third kappa shape index (κ3) is 4.75. The van der Waals surface area contributed by atoms with Crippen LogP contribution in [0.1, 0.15) is 18.1 Å². The molecule has 0 bridgehead atoms. The van der Waals surface area contributed by atoms with E-state index in [1.54, 1.807) is 48.5 Å². The van der Waals surface area contributed by atoms with E-state index in [1.165, 1.54) is 14.0 Å². The Labute approximate surface area is 150 Å². The van der Waals surface area contributed by atoms with Gasteiger partial charge in [-0.15, -0.1) is 0 Å². The van der Waals surface area contributed by atoms with Gasteiger partial charge >= 0.3 is 5.97 Å². The molecule has 2 rings (SSSR count). The van der Waals surface area contributed by atoms with Crippen LogP contribution in [0.3, 0.4) is 0 Å². The fourth-order valence-electron chi connectivity index (χ4n) is 2.12. The van der Waals surface area contributed by atoms with Gasteiger partial charge in [0.25, 0.3) is 0 Å². The van der Waals surface area contributed by atoms with E-state index >= 15 is 0 Å². The van der Waals surface area contributed by atoms with Crippen LogP contribution in [0.5, 0.6) is 11.5 Å². The molecular formula is C19H16ClNO4. The highest BCUT2D eigenvalue weighted by atomic mass is 35.5. The van der Waals surface area contributed by atoms with Gasteiger partial charge in [0.2, 0.25) is 0 Å². The van der Waals surface area contributed by atoms with Gasteiger partial charge in [0.1, 0.15) is 0 Å². The summed E-state index contributed by atoms with van der Waals surface area (Å²) in [6.07, 6.45) is 0.690. The molecule has 2 aromatic rings. The third-order valence-electron chi connectivity index (χ3n) is 3.41. The fourth-order valence-corrected chi connectivity index (χ4v) is 2.31. The molecule has 0 saturated heterocycles. The number of methoxy groups -OCH3 is 1. The van der Waals surface area contributed by atoms with Crippen LogP contribution in [0.25, 0.3) is 11.6 Å². The molecule has 0 saturated carbocycles. The van der Waals surface area contributed by atoms with Crippen molar-refractivity contribution in [2.75, 3.05) is 7.11 Å². The molecule has 0 heterocycles. The van der Waals surface area contributed by atoms with E-state index in [-0.39, 0.29) is 0 Å². The summed E-state index contributed by atoms with van der Waals surface area (Å²) in [4.78, 5) is 10.9. The van der Waals surface area contributed by atoms with E-state index in [0.29, 0.717) is 33.2 Å². The minimum absolute atomic E-state index is 0.316. The maximum Gasteiger partial charge on any atom is 0.344 e. The van der Waals surface area contributed by atoms with Crippen LogP contribution < -0.4 is 9.47 Å². The number of carboxylic acids is 1. The van der Waals surface area contributed by atoms with Crippen LogP contribution in [-0.2, 0) is 4.79 Å². The van der Waals surface area contributed by atoms with E-state index in [1.807, 2.05) is 0 Å². The van der Waals surface area contributed by atoms with Gasteiger partial charge in [0.05, 0.1) is 18.8 Å². The highest BCUT2D eigenvalue weighted by Gasteiger charge is 2.15. The Morgan fingerprint density at radius 1 is 1.28 bits per heavy atom. The van der Waals surface area contributed by atoms with Gasteiger partial charge < -0.3 is 14.6 Å². The lowest BCUT2D eigenvalue weighted by Crippen LogP contribution is -2.23. The first kappa shape index (κ1) is 18.4. The molecule has 0 fully saturated rings. The van der Waals surface area contributed by atoms with Crippen LogP contribution >= 0.6 is 11.6 Å². The van der Waals surface area contributed by atoms with E-state index in [0.717, 1.165) is 0 Å². The monoisotopic (exact) mass is 357 g/mol. The smallest absolute Gasteiger partial charge is 0.344 e. The molecule has 0 amide bonds. The van der Waals surface area contributed by atoms with Crippen molar-refractivity contribution in [3.63, 3.8) is 0 Å². The third-order valence-corrected chi connectivity index (χ3v) is 3.64. The minimum Gasteiger partial charge on any atom is -0.493 e. The lowest BCUT2D eigenvalue weighted by atomic mass is 10.0. The SMILES string of the molecule is COc1cc(/C=C(/C#N)c2cccc(Cl)c2)ccc1O[C@H](C)C(=O)O. The molecule has 1 atom stereocenters. The van der Waals surface area contributed by atoms with Crippen molar-refractivity contribution < 1.29 is 19.4 Å². The number of allylic oxidation sites excluding steroid dienone is 1. The van der Waals surface area contributed by atoms with Crippen LogP contribution in [0.2, 0.25) is 5.02 Å². The van der Waals surface area contributed by atoms with Crippen LogP contribution in [0.4, 0.5) is 0 Å². The molecule has 1 N–H and O–H groups in total. The Morgan fingerprint density at radius 2 is 2.04 bits per heavy atom. The predicted octanol–water partition coefficient (Wildman–Crippen LogP) is 4.26. The summed E-state index contributed by atoms with van der Waals surface area (Å²) in [6, 6.07) is 14.2. The average molecular weight is 358 g/mol. The summed E-state index contributed by atoms with van der Waals surface area (Å²) >= 11 is 5.97. The number of carboxylic acid groups (broad SMARTS) is 1. The molecule has 0 unspecified atom stereocenters. The fraction of sp³-hybridized carbons (Fsp3) is 0.158. The molecule has 25 heavy (non-hydrogen) atoms. The highest BCUT2D eigenvalue weighted by Crippen LogP contribution is 2.31. The number of nitriles is 1. The zero-order chi connectivity index (χ0) is 18.4. The first-order valence-electron chi connectivity index (χ1n) is 7.40. The van der Waals surface area contributed by atoms with Crippen molar-refractivity contribution in [2.45, 2.75) is 13.0 Å². The number of hydrogen-bond acceptors (Lipinski definition) is 4. The summed E-state index contributed by atoms with van der Waals surface area (Å²) in [5.74, 6) is -0.375. The second-order valence-corrected chi connectivity index (χ2v) is 5.63. The summed E-state index contributed by atoms with van der Waals surface area (Å²) < 4.78 is 10.6. The molecule has 0 aliphatic carbocycles. The zero-order valence-electron chi connectivity index (χ0n) is 13.7. The van der Waals surface area contributed by atoms with Gasteiger partial charge in [0, 0.05) is 5.02 Å². The first-order valence-corrected chi connectivity index (χ1v) is 7.77. The first-order chi connectivity index (χ1) is 11.9. The number of benzene rings is 2. The summed E-state index contributed by atoms with van der Waals surface area (Å²) in [6.45, 7) is 1.43. The van der Waals surface area contributed by atoms with Crippen molar-refractivity contribution >= 4 is 29.2 Å². The lowest BCUT2D eigenvalue weighted by Gasteiger charge is -2.14. The molecule has 128 valence electrons. The number of aliphatic carboxylic acids is 1. The Morgan fingerprint density at radius 3 is 2.64 bits per heavy atom. The van der Waals surface area contributed by atoms with E-state index in [4.69, 9.17) is 26.2 Å². The molecule has 5 nitrogen and oxygen atoms in total. The standard InChI is InChI=1S/C19H16ClNO4/c1-12(19(22)23)25-17-7-6-13(9-18(17)24-2)8-15(11-21)14-4-3-5-16(20)10-14/h3-10,12H,1-2H3,(H,22,23)/b15-8-/t12-/m1/s1. The van der Waals surface area contributed by atoms with E-state index in [9.17, 15) is 10.1 Å².